The van der Waals surface area contributed by atoms with E-state index in [1.165, 1.54) is 0 Å². The molecule has 0 saturated carbocycles. The van der Waals surface area contributed by atoms with Crippen LogP contribution in [0, 0.1) is 5.92 Å². The molecule has 4 atom stereocenters. The molecule has 2 heterocycles. The van der Waals surface area contributed by atoms with E-state index in [-0.39, 0.29) is 31.4 Å². The van der Waals surface area contributed by atoms with E-state index in [9.17, 15) is 14.7 Å². The van der Waals surface area contributed by atoms with Crippen LogP contribution < -0.4 is 5.32 Å². The monoisotopic (exact) mass is 548 g/mol. The first-order chi connectivity index (χ1) is 16.1. The van der Waals surface area contributed by atoms with Crippen LogP contribution in [0.15, 0.2) is 53.0 Å². The minimum Gasteiger partial charge on any atom is -0.395 e. The third kappa shape index (κ3) is 4.46. The molecule has 0 unspecified atom stereocenters. The molecule has 1 spiro atoms. The van der Waals surface area contributed by atoms with Crippen LogP contribution in [0.1, 0.15) is 24.5 Å². The highest BCUT2D eigenvalue weighted by atomic mass is 79.9. The molecule has 1 fully saturated rings. The SMILES string of the molecule is C[C@H]1[C@H]([Si](C)(C)F)[C@@H](CC(=O)N(CCO)Cc2ccccc2)O[C@]12C(=O)Nc1ccc(Br)cc12. The van der Waals surface area contributed by atoms with Crippen molar-refractivity contribution in [3.05, 3.63) is 64.1 Å². The number of aliphatic hydroxyl groups excluding tert-OH is 1. The Labute approximate surface area is 208 Å². The molecule has 2 N–H and O–H groups in total. The molecule has 182 valence electrons. The van der Waals surface area contributed by atoms with Crippen LogP contribution >= 0.6 is 15.9 Å². The van der Waals surface area contributed by atoms with Gasteiger partial charge in [0.2, 0.25) is 14.3 Å². The summed E-state index contributed by atoms with van der Waals surface area (Å²) in [5.41, 5.74) is 0.364. The molecule has 2 aliphatic heterocycles. The van der Waals surface area contributed by atoms with Crippen molar-refractivity contribution in [1.29, 1.82) is 0 Å². The number of carbonyl (C=O) groups excluding carboxylic acids is 2. The average Bonchev–Trinajstić information content (AvgIpc) is 3.22. The Balaban J connectivity index is 1.65. The summed E-state index contributed by atoms with van der Waals surface area (Å²) in [6.07, 6.45) is -0.803. The number of ether oxygens (including phenoxy) is 1. The van der Waals surface area contributed by atoms with E-state index in [4.69, 9.17) is 4.74 Å². The highest BCUT2D eigenvalue weighted by Crippen LogP contribution is 2.59. The van der Waals surface area contributed by atoms with Crippen molar-refractivity contribution in [3.63, 3.8) is 0 Å². The number of nitrogens with one attached hydrogen (secondary N) is 1. The summed E-state index contributed by atoms with van der Waals surface area (Å²) in [7, 11) is -3.34. The van der Waals surface area contributed by atoms with E-state index in [0.29, 0.717) is 17.8 Å². The van der Waals surface area contributed by atoms with Crippen molar-refractivity contribution in [2.24, 2.45) is 5.92 Å². The van der Waals surface area contributed by atoms with Gasteiger partial charge in [0, 0.05) is 40.3 Å². The predicted octanol–water partition coefficient (Wildman–Crippen LogP) is 4.59. The fourth-order valence-corrected chi connectivity index (χ4v) is 8.41. The summed E-state index contributed by atoms with van der Waals surface area (Å²) in [5.74, 6) is -1.00. The fourth-order valence-electron chi connectivity index (χ4n) is 5.56. The molecule has 0 aliphatic carbocycles. The van der Waals surface area contributed by atoms with E-state index in [1.54, 1.807) is 24.1 Å². The zero-order valence-corrected chi connectivity index (χ0v) is 22.1. The second-order valence-electron chi connectivity index (χ2n) is 9.64. The lowest BCUT2D eigenvalue weighted by Gasteiger charge is -2.31. The third-order valence-corrected chi connectivity index (χ3v) is 9.94. The van der Waals surface area contributed by atoms with Crippen molar-refractivity contribution < 1.29 is 23.5 Å². The molecule has 2 aliphatic rings. The minimum absolute atomic E-state index is 0.0550. The molecule has 2 amide bonds. The van der Waals surface area contributed by atoms with E-state index in [0.717, 1.165) is 10.0 Å². The van der Waals surface area contributed by atoms with Crippen LogP contribution in [0.4, 0.5) is 9.80 Å². The van der Waals surface area contributed by atoms with E-state index in [1.807, 2.05) is 49.4 Å². The Morgan fingerprint density at radius 2 is 1.97 bits per heavy atom. The lowest BCUT2D eigenvalue weighted by atomic mass is 9.82. The topological polar surface area (TPSA) is 78.9 Å². The van der Waals surface area contributed by atoms with Gasteiger partial charge in [0.1, 0.15) is 0 Å². The lowest BCUT2D eigenvalue weighted by molar-refractivity contribution is -0.148. The summed E-state index contributed by atoms with van der Waals surface area (Å²) >= 11 is 3.47. The molecular weight excluding hydrogens is 519 g/mol. The van der Waals surface area contributed by atoms with E-state index < -0.39 is 31.6 Å². The van der Waals surface area contributed by atoms with Crippen LogP contribution in [0.2, 0.25) is 18.6 Å². The van der Waals surface area contributed by atoms with Gasteiger partial charge in [0.15, 0.2) is 5.60 Å². The van der Waals surface area contributed by atoms with Crippen LogP contribution in [-0.2, 0) is 26.5 Å². The van der Waals surface area contributed by atoms with Crippen molar-refractivity contribution >= 4 is 41.8 Å². The molecule has 9 heteroatoms. The van der Waals surface area contributed by atoms with Gasteiger partial charge >= 0.3 is 0 Å². The van der Waals surface area contributed by atoms with Crippen LogP contribution in [0.5, 0.6) is 0 Å². The van der Waals surface area contributed by atoms with Crippen molar-refractivity contribution in [2.45, 2.75) is 50.2 Å². The third-order valence-electron chi connectivity index (χ3n) is 6.99. The first-order valence-corrected chi connectivity index (χ1v) is 15.2. The Hall–Kier alpha value is -2.07. The highest BCUT2D eigenvalue weighted by molar-refractivity contribution is 9.10. The van der Waals surface area contributed by atoms with Gasteiger partial charge in [0.25, 0.3) is 5.91 Å². The fraction of sp³-hybridized carbons (Fsp3) is 0.440. The Morgan fingerprint density at radius 1 is 1.26 bits per heavy atom. The molecule has 0 radical (unpaired) electrons. The maximum atomic E-state index is 15.7. The number of carbonyl (C=O) groups is 2. The molecule has 1 saturated heterocycles. The second-order valence-corrected chi connectivity index (χ2v) is 14.4. The summed E-state index contributed by atoms with van der Waals surface area (Å²) in [6.45, 7) is 5.40. The number of hydrogen-bond donors (Lipinski definition) is 2. The van der Waals surface area contributed by atoms with Gasteiger partial charge in [-0.25, -0.2) is 0 Å². The molecule has 2 aromatic rings. The number of amides is 2. The summed E-state index contributed by atoms with van der Waals surface area (Å²) in [6, 6.07) is 15.0. The predicted molar refractivity (Wildman–Crippen MR) is 134 cm³/mol. The largest absolute Gasteiger partial charge is 0.395 e. The smallest absolute Gasteiger partial charge is 0.261 e. The zero-order valence-electron chi connectivity index (χ0n) is 19.6. The summed E-state index contributed by atoms with van der Waals surface area (Å²) in [4.78, 5) is 28.2. The number of nitrogens with zero attached hydrogens (tertiary/aromatic N) is 1. The van der Waals surface area contributed by atoms with Crippen molar-refractivity contribution in [1.82, 2.24) is 4.90 Å². The Bertz CT molecular complexity index is 1080. The van der Waals surface area contributed by atoms with Crippen LogP contribution in [0.3, 0.4) is 0 Å². The first kappa shape index (κ1) is 25.0. The standard InChI is InChI=1S/C25H30BrFN2O4Si/c1-16-23(34(2,3)27)21(14-22(31)29(11-12-30)15-17-7-5-4-6-8-17)33-25(16)19-13-18(26)9-10-20(19)28-24(25)32/h4-10,13,16,21,23,30H,11-12,14-15H2,1-3H3,(H,28,32)/t16-,21+,23-,25+/m0/s1. The summed E-state index contributed by atoms with van der Waals surface area (Å²) < 4.78 is 23.0. The number of halogens is 2. The molecule has 0 bridgehead atoms. The molecule has 4 rings (SSSR count). The Morgan fingerprint density at radius 3 is 2.62 bits per heavy atom. The maximum Gasteiger partial charge on any atom is 0.261 e. The van der Waals surface area contributed by atoms with Crippen molar-refractivity contribution in [2.75, 3.05) is 18.5 Å². The van der Waals surface area contributed by atoms with E-state index in [2.05, 4.69) is 21.2 Å². The van der Waals surface area contributed by atoms with Gasteiger partial charge in [-0.1, -0.05) is 53.2 Å². The number of rotatable bonds is 7. The molecular formula is C25H30BrFN2O4Si. The highest BCUT2D eigenvalue weighted by Gasteiger charge is 2.65. The quantitative estimate of drug-likeness (QED) is 0.392. The average molecular weight is 550 g/mol. The number of benzene rings is 2. The van der Waals surface area contributed by atoms with E-state index >= 15 is 4.11 Å². The van der Waals surface area contributed by atoms with Crippen LogP contribution in [0.25, 0.3) is 0 Å². The molecule has 2 aromatic carbocycles. The zero-order chi connectivity index (χ0) is 24.7. The van der Waals surface area contributed by atoms with Crippen molar-refractivity contribution in [3.8, 4) is 0 Å². The van der Waals surface area contributed by atoms with Gasteiger partial charge in [-0.2, -0.15) is 0 Å². The maximum absolute atomic E-state index is 15.7. The van der Waals surface area contributed by atoms with Gasteiger partial charge in [-0.15, -0.1) is 0 Å². The lowest BCUT2D eigenvalue weighted by Crippen LogP contribution is -2.42. The number of hydrogen-bond acceptors (Lipinski definition) is 4. The number of aliphatic hydroxyl groups is 1. The Kier molecular flexibility index (Phi) is 7.01. The molecule has 34 heavy (non-hydrogen) atoms. The molecule has 6 nitrogen and oxygen atoms in total. The minimum atomic E-state index is -3.34. The number of anilines is 1. The van der Waals surface area contributed by atoms with Gasteiger partial charge in [-0.3, -0.25) is 9.59 Å². The second kappa shape index (κ2) is 9.52. The van der Waals surface area contributed by atoms with Crippen LogP contribution in [-0.4, -0.2) is 49.5 Å². The normalized spacial score (nSPS) is 25.9. The first-order valence-electron chi connectivity index (χ1n) is 11.5. The van der Waals surface area contributed by atoms with Gasteiger partial charge in [-0.05, 0) is 36.9 Å². The summed E-state index contributed by atoms with van der Waals surface area (Å²) in [5, 5.41) is 12.4. The molecule has 0 aromatic heterocycles. The van der Waals surface area contributed by atoms with Gasteiger partial charge in [0.05, 0.1) is 19.1 Å². The number of fused-ring (bicyclic) bond motifs is 2. The van der Waals surface area contributed by atoms with Gasteiger partial charge < -0.3 is 24.2 Å².